The number of rotatable bonds is 66. The second-order valence-corrected chi connectivity index (χ2v) is 27.2. The summed E-state index contributed by atoms with van der Waals surface area (Å²) >= 11 is 0. The number of ether oxygens (including phenoxy) is 4. The Morgan fingerprint density at radius 1 is 0.318 bits per heavy atom. The molecule has 85 heavy (non-hydrogen) atoms. The van der Waals surface area contributed by atoms with Crippen molar-refractivity contribution in [2.24, 2.45) is 5.92 Å². The summed E-state index contributed by atoms with van der Waals surface area (Å²) in [7, 11) is -9.89. The van der Waals surface area contributed by atoms with E-state index in [0.717, 1.165) is 95.8 Å². The van der Waals surface area contributed by atoms with Crippen LogP contribution < -0.4 is 0 Å². The highest BCUT2D eigenvalue weighted by atomic mass is 31.2. The van der Waals surface area contributed by atoms with Crippen molar-refractivity contribution < 1.29 is 80.2 Å². The fraction of sp³-hybridized carbons (Fsp3) is 0.939. The first kappa shape index (κ1) is 83.1. The molecule has 0 aliphatic rings. The van der Waals surface area contributed by atoms with E-state index in [1.165, 1.54) is 161 Å². The van der Waals surface area contributed by atoms with Crippen LogP contribution >= 0.6 is 15.6 Å². The Morgan fingerprint density at radius 3 is 0.800 bits per heavy atom. The van der Waals surface area contributed by atoms with Crippen LogP contribution in [0.3, 0.4) is 0 Å². The molecule has 0 saturated carbocycles. The summed E-state index contributed by atoms with van der Waals surface area (Å²) in [5.74, 6) is -1.38. The minimum atomic E-state index is -4.95. The van der Waals surface area contributed by atoms with E-state index in [4.69, 9.17) is 37.0 Å². The Morgan fingerprint density at radius 2 is 0.541 bits per heavy atom. The maximum absolute atomic E-state index is 13.0. The van der Waals surface area contributed by atoms with Crippen LogP contribution in [0.5, 0.6) is 0 Å². The monoisotopic (exact) mass is 1250 g/mol. The van der Waals surface area contributed by atoms with Crippen LogP contribution in [-0.4, -0.2) is 96.7 Å². The van der Waals surface area contributed by atoms with Gasteiger partial charge in [0.2, 0.25) is 0 Å². The third kappa shape index (κ3) is 60.7. The van der Waals surface area contributed by atoms with Gasteiger partial charge in [-0.3, -0.25) is 37.3 Å². The number of carbonyl (C=O) groups excluding carboxylic acids is 4. The zero-order valence-electron chi connectivity index (χ0n) is 54.7. The molecule has 504 valence electrons. The van der Waals surface area contributed by atoms with Gasteiger partial charge in [0.15, 0.2) is 12.2 Å². The molecule has 0 saturated heterocycles. The highest BCUT2D eigenvalue weighted by molar-refractivity contribution is 7.47. The lowest BCUT2D eigenvalue weighted by Crippen LogP contribution is -2.30. The van der Waals surface area contributed by atoms with Gasteiger partial charge in [0.25, 0.3) is 0 Å². The summed E-state index contributed by atoms with van der Waals surface area (Å²) in [4.78, 5) is 72.3. The molecule has 0 spiro atoms. The van der Waals surface area contributed by atoms with Gasteiger partial charge in [-0.2, -0.15) is 0 Å². The van der Waals surface area contributed by atoms with Gasteiger partial charge >= 0.3 is 39.5 Å². The molecular formula is C66H128O17P2. The van der Waals surface area contributed by atoms with Crippen molar-refractivity contribution in [2.45, 2.75) is 355 Å². The molecule has 17 nitrogen and oxygen atoms in total. The van der Waals surface area contributed by atoms with Crippen LogP contribution in [0, 0.1) is 5.92 Å². The van der Waals surface area contributed by atoms with E-state index in [2.05, 4.69) is 34.6 Å². The van der Waals surface area contributed by atoms with Crippen LogP contribution in [0.2, 0.25) is 0 Å². The smallest absolute Gasteiger partial charge is 0.462 e. The third-order valence-corrected chi connectivity index (χ3v) is 17.2. The predicted molar refractivity (Wildman–Crippen MR) is 340 cm³/mol. The minimum absolute atomic E-state index is 0.106. The molecule has 0 amide bonds. The third-order valence-electron chi connectivity index (χ3n) is 15.3. The van der Waals surface area contributed by atoms with E-state index in [-0.39, 0.29) is 25.7 Å². The summed E-state index contributed by atoms with van der Waals surface area (Å²) in [6, 6.07) is 0. The molecule has 0 aliphatic heterocycles. The summed E-state index contributed by atoms with van der Waals surface area (Å²) in [6.07, 6.45) is 44.3. The molecule has 19 heteroatoms. The lowest BCUT2D eigenvalue weighted by Gasteiger charge is -2.21. The molecule has 0 fully saturated rings. The Hall–Kier alpha value is -1.94. The largest absolute Gasteiger partial charge is 0.472 e. The fourth-order valence-electron chi connectivity index (χ4n) is 9.94. The average molecular weight is 1260 g/mol. The van der Waals surface area contributed by atoms with Gasteiger partial charge in [0, 0.05) is 25.7 Å². The topological polar surface area (TPSA) is 237 Å². The summed E-state index contributed by atoms with van der Waals surface area (Å²) in [6.45, 7) is 7.18. The highest BCUT2D eigenvalue weighted by Gasteiger charge is 2.30. The molecule has 2 unspecified atom stereocenters. The average Bonchev–Trinajstić information content (AvgIpc) is 3.51. The first-order valence-corrected chi connectivity index (χ1v) is 37.6. The van der Waals surface area contributed by atoms with Gasteiger partial charge in [-0.15, -0.1) is 0 Å². The second kappa shape index (κ2) is 59.7. The zero-order chi connectivity index (χ0) is 62.8. The van der Waals surface area contributed by atoms with Crippen LogP contribution in [0.15, 0.2) is 0 Å². The second-order valence-electron chi connectivity index (χ2n) is 24.3. The van der Waals surface area contributed by atoms with Gasteiger partial charge < -0.3 is 33.8 Å². The molecule has 0 aromatic heterocycles. The van der Waals surface area contributed by atoms with E-state index in [1.54, 1.807) is 0 Å². The van der Waals surface area contributed by atoms with E-state index in [1.807, 2.05) is 0 Å². The highest BCUT2D eigenvalue weighted by Crippen LogP contribution is 2.45. The van der Waals surface area contributed by atoms with Crippen molar-refractivity contribution >= 4 is 39.5 Å². The van der Waals surface area contributed by atoms with Crippen molar-refractivity contribution in [3.05, 3.63) is 0 Å². The van der Waals surface area contributed by atoms with Crippen molar-refractivity contribution in [3.8, 4) is 0 Å². The molecule has 0 bridgehead atoms. The molecule has 0 heterocycles. The van der Waals surface area contributed by atoms with Gasteiger partial charge in [-0.25, -0.2) is 9.13 Å². The van der Waals surface area contributed by atoms with Crippen molar-refractivity contribution in [3.63, 3.8) is 0 Å². The van der Waals surface area contributed by atoms with Crippen molar-refractivity contribution in [1.29, 1.82) is 0 Å². The number of aliphatic hydroxyl groups excluding tert-OH is 1. The summed E-state index contributed by atoms with van der Waals surface area (Å²) in [5, 5.41) is 10.5. The molecule has 5 atom stereocenters. The number of hydrogen-bond acceptors (Lipinski definition) is 15. The molecule has 3 N–H and O–H groups in total. The summed E-state index contributed by atoms with van der Waals surface area (Å²) in [5.41, 5.74) is 0. The molecule has 0 aliphatic carbocycles. The number of carbonyl (C=O) groups is 4. The normalized spacial score (nSPS) is 14.2. The number of unbranched alkanes of at least 4 members (excludes halogenated alkanes) is 38. The Balaban J connectivity index is 5.23. The van der Waals surface area contributed by atoms with E-state index in [0.29, 0.717) is 25.7 Å². The predicted octanol–water partition coefficient (Wildman–Crippen LogP) is 18.6. The number of hydrogen-bond donors (Lipinski definition) is 3. The SMILES string of the molecule is CCCCCCCCCCCCCCCCC(=O)O[C@H](COC(=O)CCCCCCCCCCCC(C)C)COP(=O)(O)OC[C@@H](O)COP(=O)(O)OC[C@@H](COC(=O)CCCCCCCCCCC)OC(=O)CCCCCCCCCCCC. The lowest BCUT2D eigenvalue weighted by molar-refractivity contribution is -0.161. The van der Waals surface area contributed by atoms with E-state index < -0.39 is 97.5 Å². The van der Waals surface area contributed by atoms with Gasteiger partial charge in [-0.05, 0) is 31.6 Å². The summed E-state index contributed by atoms with van der Waals surface area (Å²) < 4.78 is 68.1. The first-order valence-electron chi connectivity index (χ1n) is 34.6. The maximum atomic E-state index is 13.0. The molecule has 0 aromatic rings. The Bertz CT molecular complexity index is 1650. The van der Waals surface area contributed by atoms with Gasteiger partial charge in [-0.1, -0.05) is 285 Å². The Labute approximate surface area is 517 Å². The Kier molecular flexibility index (Phi) is 58.3. The quantitative estimate of drug-likeness (QED) is 0.0222. The van der Waals surface area contributed by atoms with Crippen molar-refractivity contribution in [1.82, 2.24) is 0 Å². The maximum Gasteiger partial charge on any atom is 0.472 e. The van der Waals surface area contributed by atoms with E-state index in [9.17, 15) is 43.2 Å². The number of esters is 4. The van der Waals surface area contributed by atoms with Gasteiger partial charge in [0.05, 0.1) is 26.4 Å². The zero-order valence-corrected chi connectivity index (χ0v) is 56.5. The molecular weight excluding hydrogens is 1130 g/mol. The van der Waals surface area contributed by atoms with Crippen molar-refractivity contribution in [2.75, 3.05) is 39.6 Å². The fourth-order valence-corrected chi connectivity index (χ4v) is 11.5. The number of phosphoric acid groups is 2. The lowest BCUT2D eigenvalue weighted by atomic mass is 10.0. The molecule has 0 rings (SSSR count). The minimum Gasteiger partial charge on any atom is -0.462 e. The van der Waals surface area contributed by atoms with Gasteiger partial charge in [0.1, 0.15) is 19.3 Å². The first-order chi connectivity index (χ1) is 41.0. The standard InChI is InChI=1S/C66H128O17P2/c1-6-9-12-15-18-21-23-24-25-26-31-37-42-47-52-66(71)83-62(56-77-64(69)50-45-40-35-32-27-29-33-38-43-48-59(4)5)58-81-85(74,75)79-54-60(67)53-78-84(72,73)80-57-61(55-76-63(68)49-44-39-34-28-20-17-14-11-8-3)82-65(70)51-46-41-36-30-22-19-16-13-10-7-2/h59-62,67H,6-58H2,1-5H3,(H,72,73)(H,74,75)/t60-,61+,62+/m0/s1. The number of phosphoric ester groups is 2. The van der Waals surface area contributed by atoms with Crippen LogP contribution in [0.25, 0.3) is 0 Å². The van der Waals surface area contributed by atoms with E-state index >= 15 is 0 Å². The molecule has 0 aromatic carbocycles. The van der Waals surface area contributed by atoms with Crippen LogP contribution in [0.1, 0.15) is 336 Å². The van der Waals surface area contributed by atoms with Crippen LogP contribution in [0.4, 0.5) is 0 Å². The number of aliphatic hydroxyl groups is 1. The van der Waals surface area contributed by atoms with Crippen LogP contribution in [-0.2, 0) is 65.4 Å². The molecule has 0 radical (unpaired) electrons.